The van der Waals surface area contributed by atoms with Gasteiger partial charge in [0.25, 0.3) is 10.0 Å². The summed E-state index contributed by atoms with van der Waals surface area (Å²) >= 11 is 0. The first-order valence-corrected chi connectivity index (χ1v) is 9.79. The van der Waals surface area contributed by atoms with E-state index in [1.165, 1.54) is 37.6 Å². The largest absolute Gasteiger partial charge is 0.495 e. The summed E-state index contributed by atoms with van der Waals surface area (Å²) in [6, 6.07) is 7.31. The van der Waals surface area contributed by atoms with Gasteiger partial charge in [-0.15, -0.1) is 0 Å². The predicted octanol–water partition coefficient (Wildman–Crippen LogP) is 2.24. The van der Waals surface area contributed by atoms with Gasteiger partial charge >= 0.3 is 0 Å². The van der Waals surface area contributed by atoms with Crippen LogP contribution in [-0.2, 0) is 19.6 Å². The normalized spacial score (nSPS) is 15.0. The molecule has 0 bridgehead atoms. The zero-order valence-electron chi connectivity index (χ0n) is 14.9. The summed E-state index contributed by atoms with van der Waals surface area (Å²) in [7, 11) is -2.67. The summed E-state index contributed by atoms with van der Waals surface area (Å²) in [5.41, 5.74) is 1.21. The van der Waals surface area contributed by atoms with E-state index in [0.29, 0.717) is 17.8 Å². The molecule has 1 aromatic heterocycles. The number of rotatable bonds is 5. The number of carbonyl (C=O) groups is 2. The third-order valence-electron chi connectivity index (χ3n) is 4.12. The molecule has 1 fully saturated rings. The van der Waals surface area contributed by atoms with E-state index in [1.54, 1.807) is 13.0 Å². The Morgan fingerprint density at radius 1 is 1.11 bits per heavy atom. The number of hydrogen-bond donors (Lipinski definition) is 1. The van der Waals surface area contributed by atoms with Crippen LogP contribution >= 0.6 is 0 Å². The molecule has 0 saturated carbocycles. The molecule has 0 aliphatic carbocycles. The number of pyridine rings is 1. The molecule has 1 aliphatic heterocycles. The maximum absolute atomic E-state index is 12.9. The monoisotopic (exact) mass is 389 g/mol. The summed E-state index contributed by atoms with van der Waals surface area (Å²) in [6.45, 7) is 1.74. The zero-order valence-corrected chi connectivity index (χ0v) is 15.7. The first-order chi connectivity index (χ1) is 12.8. The molecule has 9 heteroatoms. The highest BCUT2D eigenvalue weighted by atomic mass is 32.2. The second-order valence-electron chi connectivity index (χ2n) is 6.10. The van der Waals surface area contributed by atoms with Crippen LogP contribution < -0.4 is 14.4 Å². The average Bonchev–Trinajstić information content (AvgIpc) is 2.61. The van der Waals surface area contributed by atoms with E-state index >= 15 is 0 Å². The average molecular weight is 389 g/mol. The van der Waals surface area contributed by atoms with Crippen molar-refractivity contribution in [3.8, 4) is 5.75 Å². The number of piperidine rings is 1. The fourth-order valence-corrected chi connectivity index (χ4v) is 4.11. The zero-order chi connectivity index (χ0) is 19.6. The lowest BCUT2D eigenvalue weighted by molar-refractivity contribution is -0.129. The SMILES string of the molecule is COc1ccc(N2C(=O)CCCC2=O)cc1S(=O)(=O)Nc1ccnc(C)c1. The van der Waals surface area contributed by atoms with E-state index < -0.39 is 10.0 Å². The van der Waals surface area contributed by atoms with E-state index in [4.69, 9.17) is 4.74 Å². The summed E-state index contributed by atoms with van der Waals surface area (Å²) < 4.78 is 33.4. The number of ether oxygens (including phenoxy) is 1. The minimum Gasteiger partial charge on any atom is -0.495 e. The van der Waals surface area contributed by atoms with Crippen LogP contribution in [0.4, 0.5) is 11.4 Å². The first-order valence-electron chi connectivity index (χ1n) is 8.31. The number of sulfonamides is 1. The highest BCUT2D eigenvalue weighted by Gasteiger charge is 2.29. The second kappa shape index (κ2) is 7.36. The quantitative estimate of drug-likeness (QED) is 0.786. The Hall–Kier alpha value is -2.94. The van der Waals surface area contributed by atoms with Gasteiger partial charge < -0.3 is 4.74 Å². The summed E-state index contributed by atoms with van der Waals surface area (Å²) in [6.07, 6.45) is 2.48. The number of hydrogen-bond acceptors (Lipinski definition) is 6. The van der Waals surface area contributed by atoms with Gasteiger partial charge in [0, 0.05) is 24.7 Å². The molecular formula is C18H19N3O5S. The van der Waals surface area contributed by atoms with Gasteiger partial charge in [-0.25, -0.2) is 8.42 Å². The highest BCUT2D eigenvalue weighted by Crippen LogP contribution is 2.32. The van der Waals surface area contributed by atoms with E-state index in [9.17, 15) is 18.0 Å². The Morgan fingerprint density at radius 3 is 2.44 bits per heavy atom. The Labute approximate surface area is 157 Å². The van der Waals surface area contributed by atoms with Crippen LogP contribution in [0, 0.1) is 6.92 Å². The Kier molecular flexibility index (Phi) is 5.13. The maximum atomic E-state index is 12.9. The number of nitrogens with zero attached hydrogens (tertiary/aromatic N) is 2. The Bertz CT molecular complexity index is 988. The summed E-state index contributed by atoms with van der Waals surface area (Å²) in [5.74, 6) is -0.594. The van der Waals surface area contributed by atoms with Crippen LogP contribution in [0.25, 0.3) is 0 Å². The number of amides is 2. The van der Waals surface area contributed by atoms with Crippen molar-refractivity contribution in [2.45, 2.75) is 31.1 Å². The number of imide groups is 1. The molecule has 0 spiro atoms. The third kappa shape index (κ3) is 3.92. The molecule has 2 aromatic rings. The van der Waals surface area contributed by atoms with Crippen LogP contribution in [0.1, 0.15) is 25.0 Å². The van der Waals surface area contributed by atoms with Crippen LogP contribution in [-0.4, -0.2) is 32.3 Å². The molecule has 0 atom stereocenters. The smallest absolute Gasteiger partial charge is 0.265 e. The maximum Gasteiger partial charge on any atom is 0.265 e. The lowest BCUT2D eigenvalue weighted by Gasteiger charge is -2.25. The third-order valence-corrected chi connectivity index (χ3v) is 5.53. The van der Waals surface area contributed by atoms with Crippen molar-refractivity contribution in [3.05, 3.63) is 42.2 Å². The highest BCUT2D eigenvalue weighted by molar-refractivity contribution is 7.92. The number of methoxy groups -OCH3 is 1. The molecule has 2 amide bonds. The van der Waals surface area contributed by atoms with Crippen LogP contribution in [0.5, 0.6) is 5.75 Å². The summed E-state index contributed by atoms with van der Waals surface area (Å²) in [4.78, 5) is 29.2. The second-order valence-corrected chi connectivity index (χ2v) is 7.75. The molecule has 8 nitrogen and oxygen atoms in total. The Morgan fingerprint density at radius 2 is 1.81 bits per heavy atom. The van der Waals surface area contributed by atoms with Crippen molar-refractivity contribution >= 4 is 33.2 Å². The minimum absolute atomic E-state index is 0.105. The molecule has 3 rings (SSSR count). The molecule has 1 N–H and O–H groups in total. The van der Waals surface area contributed by atoms with Crippen LogP contribution in [0.15, 0.2) is 41.4 Å². The topological polar surface area (TPSA) is 106 Å². The molecule has 0 radical (unpaired) electrons. The van der Waals surface area contributed by atoms with Gasteiger partial charge in [0.1, 0.15) is 10.6 Å². The van der Waals surface area contributed by atoms with E-state index in [0.717, 1.165) is 4.90 Å². The number of anilines is 2. The molecule has 1 aliphatic rings. The van der Waals surface area contributed by atoms with Crippen molar-refractivity contribution in [1.29, 1.82) is 0 Å². The lowest BCUT2D eigenvalue weighted by Crippen LogP contribution is -2.40. The molecule has 1 saturated heterocycles. The van der Waals surface area contributed by atoms with Crippen LogP contribution in [0.3, 0.4) is 0 Å². The van der Waals surface area contributed by atoms with Crippen molar-refractivity contribution in [1.82, 2.24) is 4.98 Å². The van der Waals surface area contributed by atoms with Crippen molar-refractivity contribution in [3.63, 3.8) is 0 Å². The van der Waals surface area contributed by atoms with Gasteiger partial charge in [0.2, 0.25) is 11.8 Å². The van der Waals surface area contributed by atoms with Gasteiger partial charge in [-0.2, -0.15) is 0 Å². The molecule has 27 heavy (non-hydrogen) atoms. The predicted molar refractivity (Wildman–Crippen MR) is 99.1 cm³/mol. The Balaban J connectivity index is 2.03. The molecule has 0 unspecified atom stereocenters. The van der Waals surface area contributed by atoms with Gasteiger partial charge in [0.15, 0.2) is 0 Å². The van der Waals surface area contributed by atoms with E-state index in [1.807, 2.05) is 0 Å². The van der Waals surface area contributed by atoms with Gasteiger partial charge in [-0.05, 0) is 43.7 Å². The number of aromatic nitrogens is 1. The lowest BCUT2D eigenvalue weighted by atomic mass is 10.1. The van der Waals surface area contributed by atoms with Gasteiger partial charge in [0.05, 0.1) is 18.5 Å². The number of aryl methyl sites for hydroxylation is 1. The first kappa shape index (κ1) is 18.8. The van der Waals surface area contributed by atoms with Crippen LogP contribution in [0.2, 0.25) is 0 Å². The van der Waals surface area contributed by atoms with Gasteiger partial charge in [-0.1, -0.05) is 0 Å². The summed E-state index contributed by atoms with van der Waals surface area (Å²) in [5, 5.41) is 0. The van der Waals surface area contributed by atoms with Crippen molar-refractivity contribution in [2.24, 2.45) is 0 Å². The molecule has 1 aromatic carbocycles. The minimum atomic E-state index is -4.02. The number of nitrogens with one attached hydrogen (secondary N) is 1. The molecule has 142 valence electrons. The van der Waals surface area contributed by atoms with E-state index in [2.05, 4.69) is 9.71 Å². The van der Waals surface area contributed by atoms with Crippen molar-refractivity contribution in [2.75, 3.05) is 16.7 Å². The van der Waals surface area contributed by atoms with E-state index in [-0.39, 0.29) is 41.0 Å². The number of benzene rings is 1. The standard InChI is InChI=1S/C18H19N3O5S/c1-12-10-13(8-9-19-12)20-27(24,25)16-11-14(6-7-15(16)26-2)21-17(22)4-3-5-18(21)23/h6-11H,3-5H2,1-2H3,(H,19,20). The molecule has 2 heterocycles. The number of carbonyl (C=O) groups excluding carboxylic acids is 2. The van der Waals surface area contributed by atoms with Crippen molar-refractivity contribution < 1.29 is 22.7 Å². The fraction of sp³-hybridized carbons (Fsp3) is 0.278. The fourth-order valence-electron chi connectivity index (χ4n) is 2.88. The molecular weight excluding hydrogens is 370 g/mol. The van der Waals surface area contributed by atoms with Gasteiger partial charge in [-0.3, -0.25) is 24.2 Å².